The van der Waals surface area contributed by atoms with E-state index in [9.17, 15) is 26.3 Å². The zero-order chi connectivity index (χ0) is 25.9. The van der Waals surface area contributed by atoms with E-state index in [4.69, 9.17) is 4.74 Å². The Kier molecular flexibility index (Phi) is 7.46. The van der Waals surface area contributed by atoms with Crippen molar-refractivity contribution in [2.24, 2.45) is 0 Å². The highest BCUT2D eigenvalue weighted by atomic mass is 19.4. The molecule has 0 saturated carbocycles. The number of anilines is 2. The van der Waals surface area contributed by atoms with Gasteiger partial charge < -0.3 is 10.1 Å². The van der Waals surface area contributed by atoms with Crippen molar-refractivity contribution in [2.45, 2.75) is 38.3 Å². The number of aromatic nitrogens is 3. The number of nitrogens with zero attached hydrogens (tertiary/aromatic N) is 4. The van der Waals surface area contributed by atoms with E-state index in [1.54, 1.807) is 0 Å². The van der Waals surface area contributed by atoms with Crippen LogP contribution in [0.5, 0.6) is 0 Å². The molecular weight excluding hydrogens is 488 g/mol. The minimum Gasteiger partial charge on any atom is -0.377 e. The van der Waals surface area contributed by atoms with E-state index in [2.05, 4.69) is 20.3 Å². The van der Waals surface area contributed by atoms with Crippen molar-refractivity contribution >= 4 is 11.5 Å². The molecule has 0 saturated heterocycles. The fraction of sp³-hybridized carbons (Fsp3) is 0.375. The van der Waals surface area contributed by atoms with Crippen LogP contribution in [0.25, 0.3) is 0 Å². The third-order valence-corrected chi connectivity index (χ3v) is 5.80. The molecule has 3 aromatic rings. The van der Waals surface area contributed by atoms with Gasteiger partial charge in [-0.3, -0.25) is 9.88 Å². The number of hydrogen-bond acceptors (Lipinski definition) is 6. The minimum absolute atomic E-state index is 0.0176. The quantitative estimate of drug-likeness (QED) is 0.448. The lowest BCUT2D eigenvalue weighted by Gasteiger charge is -2.21. The molecule has 0 atom stereocenters. The average Bonchev–Trinajstić information content (AvgIpc) is 3.01. The van der Waals surface area contributed by atoms with Crippen LogP contribution in [-0.4, -0.2) is 40.1 Å². The number of ether oxygens (including phenoxy) is 1. The molecule has 0 aliphatic carbocycles. The minimum atomic E-state index is -4.50. The van der Waals surface area contributed by atoms with Crippen LogP contribution in [0.1, 0.15) is 33.9 Å². The number of alkyl halides is 6. The Bertz CT molecular complexity index is 1200. The Hall–Kier alpha value is -3.25. The molecule has 3 heterocycles. The summed E-state index contributed by atoms with van der Waals surface area (Å²) in [4.78, 5) is 14.9. The van der Waals surface area contributed by atoms with Crippen molar-refractivity contribution in [3.05, 3.63) is 76.5 Å². The SMILES string of the molecule is COCc1nc2c(c(Nc3ccc(C(F)(F)F)cc3)n1)CCN(Cc1ncccc1C(F)(F)F)CC2. The van der Waals surface area contributed by atoms with Crippen LogP contribution in [0, 0.1) is 0 Å². The lowest BCUT2D eigenvalue weighted by molar-refractivity contribution is -0.139. The molecule has 0 radical (unpaired) electrons. The number of pyridine rings is 1. The Morgan fingerprint density at radius 2 is 1.67 bits per heavy atom. The lowest BCUT2D eigenvalue weighted by atomic mass is 10.1. The summed E-state index contributed by atoms with van der Waals surface area (Å²) in [6.07, 6.45) is -6.73. The Labute approximate surface area is 203 Å². The summed E-state index contributed by atoms with van der Waals surface area (Å²) in [6, 6.07) is 6.86. The number of fused-ring (bicyclic) bond motifs is 1. The van der Waals surface area contributed by atoms with Crippen LogP contribution in [0.4, 0.5) is 37.8 Å². The molecule has 0 unspecified atom stereocenters. The molecule has 0 bridgehead atoms. The molecule has 0 amide bonds. The van der Waals surface area contributed by atoms with Crippen molar-refractivity contribution in [1.29, 1.82) is 0 Å². The van der Waals surface area contributed by atoms with E-state index in [0.717, 1.165) is 23.8 Å². The first-order valence-electron chi connectivity index (χ1n) is 11.1. The van der Waals surface area contributed by atoms with E-state index in [1.807, 2.05) is 4.90 Å². The summed E-state index contributed by atoms with van der Waals surface area (Å²) in [5.41, 5.74) is 0.304. The first-order valence-corrected chi connectivity index (χ1v) is 11.1. The normalized spacial score (nSPS) is 14.9. The molecule has 4 rings (SSSR count). The smallest absolute Gasteiger partial charge is 0.377 e. The molecule has 1 N–H and O–H groups in total. The number of halogens is 6. The van der Waals surface area contributed by atoms with E-state index in [-0.39, 0.29) is 18.8 Å². The summed E-state index contributed by atoms with van der Waals surface area (Å²) in [5.74, 6) is 0.825. The third kappa shape index (κ3) is 6.11. The standard InChI is InChI=1S/C24H23F6N5O/c1-36-14-21-33-19-9-12-35(13-20-18(24(28,29)30)3-2-10-31-20)11-8-17(19)22(34-21)32-16-6-4-15(5-7-16)23(25,26)27/h2-7,10H,8-9,11-14H2,1H3,(H,32,33,34). The third-order valence-electron chi connectivity index (χ3n) is 5.80. The van der Waals surface area contributed by atoms with Gasteiger partial charge in [0.2, 0.25) is 0 Å². The topological polar surface area (TPSA) is 63.2 Å². The van der Waals surface area contributed by atoms with Gasteiger partial charge in [0.05, 0.1) is 22.5 Å². The van der Waals surface area contributed by atoms with Crippen LogP contribution >= 0.6 is 0 Å². The molecule has 1 aliphatic heterocycles. The van der Waals surface area contributed by atoms with Gasteiger partial charge in [0.25, 0.3) is 0 Å². The second-order valence-corrected chi connectivity index (χ2v) is 8.32. The van der Waals surface area contributed by atoms with Gasteiger partial charge in [0.15, 0.2) is 5.82 Å². The zero-order valence-corrected chi connectivity index (χ0v) is 19.2. The van der Waals surface area contributed by atoms with Gasteiger partial charge in [0, 0.05) is 50.6 Å². The first kappa shape index (κ1) is 25.8. The van der Waals surface area contributed by atoms with E-state index < -0.39 is 23.5 Å². The molecular formula is C24H23F6N5O. The lowest BCUT2D eigenvalue weighted by Crippen LogP contribution is -2.28. The van der Waals surface area contributed by atoms with Crippen LogP contribution in [0.3, 0.4) is 0 Å². The Morgan fingerprint density at radius 3 is 2.33 bits per heavy atom. The molecule has 1 aliphatic rings. The number of hydrogen-bond donors (Lipinski definition) is 1. The predicted molar refractivity (Wildman–Crippen MR) is 119 cm³/mol. The number of methoxy groups -OCH3 is 1. The summed E-state index contributed by atoms with van der Waals surface area (Å²) >= 11 is 0. The molecule has 192 valence electrons. The van der Waals surface area contributed by atoms with Gasteiger partial charge >= 0.3 is 12.4 Å². The maximum absolute atomic E-state index is 13.4. The van der Waals surface area contributed by atoms with E-state index in [0.29, 0.717) is 49.0 Å². The average molecular weight is 511 g/mol. The van der Waals surface area contributed by atoms with Gasteiger partial charge in [-0.25, -0.2) is 9.97 Å². The molecule has 12 heteroatoms. The fourth-order valence-electron chi connectivity index (χ4n) is 4.07. The van der Waals surface area contributed by atoms with Crippen molar-refractivity contribution in [2.75, 3.05) is 25.5 Å². The highest BCUT2D eigenvalue weighted by molar-refractivity contribution is 5.61. The van der Waals surface area contributed by atoms with Gasteiger partial charge in [-0.15, -0.1) is 0 Å². The monoisotopic (exact) mass is 511 g/mol. The van der Waals surface area contributed by atoms with Crippen molar-refractivity contribution < 1.29 is 31.1 Å². The molecule has 2 aromatic heterocycles. The highest BCUT2D eigenvalue weighted by Gasteiger charge is 2.34. The van der Waals surface area contributed by atoms with E-state index in [1.165, 1.54) is 31.5 Å². The Balaban J connectivity index is 1.57. The van der Waals surface area contributed by atoms with Crippen LogP contribution in [0.2, 0.25) is 0 Å². The molecule has 36 heavy (non-hydrogen) atoms. The molecule has 6 nitrogen and oxygen atoms in total. The molecule has 1 aromatic carbocycles. The van der Waals surface area contributed by atoms with Gasteiger partial charge in [-0.05, 0) is 42.8 Å². The van der Waals surface area contributed by atoms with Crippen LogP contribution in [-0.2, 0) is 43.1 Å². The van der Waals surface area contributed by atoms with Gasteiger partial charge in [-0.2, -0.15) is 26.3 Å². The second kappa shape index (κ2) is 10.4. The fourth-order valence-corrected chi connectivity index (χ4v) is 4.07. The van der Waals surface area contributed by atoms with E-state index >= 15 is 0 Å². The zero-order valence-electron chi connectivity index (χ0n) is 19.2. The Morgan fingerprint density at radius 1 is 0.944 bits per heavy atom. The van der Waals surface area contributed by atoms with Gasteiger partial charge in [0.1, 0.15) is 12.4 Å². The predicted octanol–water partition coefficient (Wildman–Crippen LogP) is 5.40. The van der Waals surface area contributed by atoms with Crippen molar-refractivity contribution in [3.8, 4) is 0 Å². The second-order valence-electron chi connectivity index (χ2n) is 8.32. The van der Waals surface area contributed by atoms with Crippen LogP contribution in [0.15, 0.2) is 42.6 Å². The maximum Gasteiger partial charge on any atom is 0.418 e. The van der Waals surface area contributed by atoms with Crippen LogP contribution < -0.4 is 5.32 Å². The van der Waals surface area contributed by atoms with Crippen molar-refractivity contribution in [3.63, 3.8) is 0 Å². The molecule has 0 spiro atoms. The summed E-state index contributed by atoms with van der Waals surface area (Å²) in [7, 11) is 1.49. The largest absolute Gasteiger partial charge is 0.418 e. The van der Waals surface area contributed by atoms with Gasteiger partial charge in [-0.1, -0.05) is 0 Å². The highest BCUT2D eigenvalue weighted by Crippen LogP contribution is 2.33. The number of rotatable bonds is 6. The first-order chi connectivity index (χ1) is 17.0. The van der Waals surface area contributed by atoms with Crippen molar-refractivity contribution in [1.82, 2.24) is 19.9 Å². The maximum atomic E-state index is 13.4. The summed E-state index contributed by atoms with van der Waals surface area (Å²) < 4.78 is 84.1. The number of nitrogens with one attached hydrogen (secondary N) is 1. The molecule has 0 fully saturated rings. The number of benzene rings is 1. The summed E-state index contributed by atoms with van der Waals surface area (Å²) in [5, 5.41) is 3.08. The summed E-state index contributed by atoms with van der Waals surface area (Å²) in [6.45, 7) is 1.02.